The van der Waals surface area contributed by atoms with Gasteiger partial charge in [0.15, 0.2) is 0 Å². The summed E-state index contributed by atoms with van der Waals surface area (Å²) in [6.45, 7) is 0. The van der Waals surface area contributed by atoms with Gasteiger partial charge in [0.05, 0.1) is 22.0 Å². The van der Waals surface area contributed by atoms with E-state index in [4.69, 9.17) is 0 Å². The Hall–Kier alpha value is -3.54. The van der Waals surface area contributed by atoms with Crippen LogP contribution in [0.5, 0.6) is 0 Å². The maximum Gasteiger partial charge on any atom is 0.256 e. The van der Waals surface area contributed by atoms with E-state index in [-0.39, 0.29) is 5.56 Å². The Kier molecular flexibility index (Phi) is 2.97. The molecule has 0 aliphatic heterocycles. The lowest BCUT2D eigenvalue weighted by Crippen LogP contribution is -2.05. The number of aromatic amines is 2. The number of nitrogens with zero attached hydrogens (tertiary/aromatic N) is 1. The number of aromatic nitrogens is 3. The first-order valence-electron chi connectivity index (χ1n) is 8.01. The molecule has 126 valence electrons. The lowest BCUT2D eigenvalue weighted by Gasteiger charge is -2.05. The fourth-order valence-corrected chi connectivity index (χ4v) is 3.43. The first-order chi connectivity index (χ1) is 12.6. The second kappa shape index (κ2) is 5.23. The molecule has 0 spiro atoms. The molecular formula is C20H11F2N3O. The summed E-state index contributed by atoms with van der Waals surface area (Å²) < 4.78 is 28.0. The average molecular weight is 347 g/mol. The number of halogens is 2. The monoisotopic (exact) mass is 347 g/mol. The average Bonchev–Trinajstić information content (AvgIpc) is 3.07. The fraction of sp³-hybridized carbons (Fsp3) is 0. The highest BCUT2D eigenvalue weighted by molar-refractivity contribution is 6.23. The van der Waals surface area contributed by atoms with Gasteiger partial charge in [0.2, 0.25) is 0 Å². The molecule has 0 amide bonds. The number of imidazole rings is 1. The quantitative estimate of drug-likeness (QED) is 0.439. The zero-order valence-electron chi connectivity index (χ0n) is 13.3. The Morgan fingerprint density at radius 2 is 1.77 bits per heavy atom. The summed E-state index contributed by atoms with van der Waals surface area (Å²) >= 11 is 0. The molecule has 0 atom stereocenters. The highest BCUT2D eigenvalue weighted by atomic mass is 19.1. The Morgan fingerprint density at radius 1 is 0.923 bits per heavy atom. The Morgan fingerprint density at radius 3 is 2.62 bits per heavy atom. The van der Waals surface area contributed by atoms with Crippen LogP contribution in [0.2, 0.25) is 0 Å². The largest absolute Gasteiger partial charge is 0.337 e. The molecule has 4 nitrogen and oxygen atoms in total. The van der Waals surface area contributed by atoms with Gasteiger partial charge < -0.3 is 9.97 Å². The van der Waals surface area contributed by atoms with E-state index >= 15 is 0 Å². The van der Waals surface area contributed by atoms with E-state index in [1.807, 2.05) is 0 Å². The number of hydrogen-bond acceptors (Lipinski definition) is 2. The Bertz CT molecular complexity index is 1390. The van der Waals surface area contributed by atoms with Crippen molar-refractivity contribution >= 4 is 32.6 Å². The van der Waals surface area contributed by atoms with E-state index in [0.29, 0.717) is 44.0 Å². The van der Waals surface area contributed by atoms with Crippen LogP contribution in [0.3, 0.4) is 0 Å². The molecular weight excluding hydrogens is 336 g/mol. The molecule has 6 heteroatoms. The van der Waals surface area contributed by atoms with Crippen LogP contribution in [0.4, 0.5) is 8.78 Å². The van der Waals surface area contributed by atoms with Crippen LogP contribution in [-0.2, 0) is 0 Å². The van der Waals surface area contributed by atoms with Gasteiger partial charge in [0.1, 0.15) is 17.5 Å². The van der Waals surface area contributed by atoms with Crippen LogP contribution in [0, 0.1) is 11.6 Å². The molecule has 0 aliphatic rings. The van der Waals surface area contributed by atoms with Gasteiger partial charge in [-0.1, -0.05) is 12.1 Å². The van der Waals surface area contributed by atoms with Gasteiger partial charge in [-0.25, -0.2) is 13.8 Å². The number of fused-ring (bicyclic) bond motifs is 6. The maximum absolute atomic E-state index is 14.2. The number of benzene rings is 3. The number of H-pyrrole nitrogens is 2. The van der Waals surface area contributed by atoms with Crippen molar-refractivity contribution in [3.8, 4) is 11.4 Å². The molecule has 0 bridgehead atoms. The minimum absolute atomic E-state index is 0.324. The van der Waals surface area contributed by atoms with Crippen molar-refractivity contribution < 1.29 is 8.78 Å². The summed E-state index contributed by atoms with van der Waals surface area (Å²) in [5.74, 6) is -0.476. The molecule has 5 aromatic rings. The summed E-state index contributed by atoms with van der Waals surface area (Å²) in [4.78, 5) is 22.7. The first kappa shape index (κ1) is 14.8. The second-order valence-corrected chi connectivity index (χ2v) is 6.07. The van der Waals surface area contributed by atoms with Crippen molar-refractivity contribution in [1.82, 2.24) is 15.0 Å². The van der Waals surface area contributed by atoms with E-state index in [1.54, 1.807) is 30.3 Å². The molecule has 2 N–H and O–H groups in total. The third kappa shape index (κ3) is 1.99. The van der Waals surface area contributed by atoms with E-state index in [2.05, 4.69) is 15.0 Å². The van der Waals surface area contributed by atoms with Crippen molar-refractivity contribution in [3.05, 3.63) is 76.7 Å². The Balaban J connectivity index is 2.02. The van der Waals surface area contributed by atoms with Crippen LogP contribution in [-0.4, -0.2) is 15.0 Å². The predicted octanol–water partition coefficient (Wildman–Crippen LogP) is 4.50. The summed E-state index contributed by atoms with van der Waals surface area (Å²) in [5.41, 5.74) is 1.19. The molecule has 0 radical (unpaired) electrons. The van der Waals surface area contributed by atoms with E-state index in [1.165, 1.54) is 24.4 Å². The number of pyridine rings is 1. The van der Waals surface area contributed by atoms with Crippen molar-refractivity contribution in [3.63, 3.8) is 0 Å². The SMILES string of the molecule is O=c1[nH]ccc2c3nc(-c4ccccc4F)[nH]c3c3ccc(F)cc3c12. The topological polar surface area (TPSA) is 61.5 Å². The van der Waals surface area contributed by atoms with E-state index in [9.17, 15) is 13.6 Å². The van der Waals surface area contributed by atoms with Gasteiger partial charge in [-0.05, 0) is 36.4 Å². The maximum atomic E-state index is 14.2. The predicted molar refractivity (Wildman–Crippen MR) is 97.1 cm³/mol. The molecule has 0 saturated heterocycles. The lowest BCUT2D eigenvalue weighted by molar-refractivity contribution is 0.629. The standard InChI is InChI=1S/C20H11F2N3O/c21-10-5-6-11-14(9-10)16-13(7-8-23-20(16)26)18-17(11)24-19(25-18)12-3-1-2-4-15(12)22/h1-9H,(H,23,26)(H,24,25). The number of rotatable bonds is 1. The molecule has 0 fully saturated rings. The summed E-state index contributed by atoms with van der Waals surface area (Å²) in [7, 11) is 0. The summed E-state index contributed by atoms with van der Waals surface area (Å²) in [5, 5.41) is 2.08. The number of nitrogens with one attached hydrogen (secondary N) is 2. The highest BCUT2D eigenvalue weighted by Gasteiger charge is 2.17. The van der Waals surface area contributed by atoms with Crippen LogP contribution in [0.1, 0.15) is 0 Å². The van der Waals surface area contributed by atoms with E-state index in [0.717, 1.165) is 0 Å². The lowest BCUT2D eigenvalue weighted by atomic mass is 10.0. The van der Waals surface area contributed by atoms with Gasteiger partial charge >= 0.3 is 0 Å². The highest BCUT2D eigenvalue weighted by Crippen LogP contribution is 2.34. The number of hydrogen-bond donors (Lipinski definition) is 2. The molecule has 5 rings (SSSR count). The molecule has 0 aliphatic carbocycles. The first-order valence-corrected chi connectivity index (χ1v) is 8.01. The van der Waals surface area contributed by atoms with Gasteiger partial charge in [-0.2, -0.15) is 0 Å². The smallest absolute Gasteiger partial charge is 0.256 e. The molecule has 26 heavy (non-hydrogen) atoms. The zero-order valence-corrected chi connectivity index (χ0v) is 13.3. The third-order valence-corrected chi connectivity index (χ3v) is 4.57. The van der Waals surface area contributed by atoms with Crippen LogP contribution in [0.15, 0.2) is 59.5 Å². The van der Waals surface area contributed by atoms with Crippen molar-refractivity contribution in [1.29, 1.82) is 0 Å². The van der Waals surface area contributed by atoms with Crippen molar-refractivity contribution in [2.24, 2.45) is 0 Å². The molecule has 0 unspecified atom stereocenters. The van der Waals surface area contributed by atoms with Crippen LogP contribution in [0.25, 0.3) is 44.0 Å². The van der Waals surface area contributed by atoms with Crippen molar-refractivity contribution in [2.45, 2.75) is 0 Å². The summed E-state index contributed by atoms with van der Waals surface area (Å²) in [6, 6.07) is 12.3. The van der Waals surface area contributed by atoms with Gasteiger partial charge in [0.25, 0.3) is 5.56 Å². The van der Waals surface area contributed by atoms with Gasteiger partial charge in [-0.15, -0.1) is 0 Å². The molecule has 2 heterocycles. The van der Waals surface area contributed by atoms with Gasteiger partial charge in [0, 0.05) is 22.4 Å². The van der Waals surface area contributed by atoms with Crippen LogP contribution >= 0.6 is 0 Å². The summed E-state index contributed by atoms with van der Waals surface area (Å²) in [6.07, 6.45) is 1.52. The minimum atomic E-state index is -0.435. The molecule has 2 aromatic heterocycles. The normalized spacial score (nSPS) is 11.6. The second-order valence-electron chi connectivity index (χ2n) is 6.07. The zero-order chi connectivity index (χ0) is 17.8. The minimum Gasteiger partial charge on any atom is -0.337 e. The van der Waals surface area contributed by atoms with Gasteiger partial charge in [-0.3, -0.25) is 4.79 Å². The Labute approximate surface area is 145 Å². The molecule has 3 aromatic carbocycles. The van der Waals surface area contributed by atoms with Crippen LogP contribution < -0.4 is 5.56 Å². The molecule has 0 saturated carbocycles. The van der Waals surface area contributed by atoms with Crippen molar-refractivity contribution in [2.75, 3.05) is 0 Å². The van der Waals surface area contributed by atoms with E-state index < -0.39 is 11.6 Å². The fourth-order valence-electron chi connectivity index (χ4n) is 3.43. The third-order valence-electron chi connectivity index (χ3n) is 4.57.